The number of rotatable bonds is 6. The van der Waals surface area contributed by atoms with E-state index in [4.69, 9.17) is 4.74 Å². The zero-order valence-electron chi connectivity index (χ0n) is 16.0. The molecule has 0 radical (unpaired) electrons. The third-order valence-electron chi connectivity index (χ3n) is 4.37. The second-order valence-electron chi connectivity index (χ2n) is 6.35. The van der Waals surface area contributed by atoms with Crippen LogP contribution >= 0.6 is 11.8 Å². The summed E-state index contributed by atoms with van der Waals surface area (Å²) in [6.07, 6.45) is 1.63. The molecule has 30 heavy (non-hydrogen) atoms. The molecule has 2 aromatic carbocycles. The number of hydrogen-bond donors (Lipinski definition) is 0. The van der Waals surface area contributed by atoms with Gasteiger partial charge in [-0.2, -0.15) is 4.98 Å². The molecule has 8 heteroatoms. The summed E-state index contributed by atoms with van der Waals surface area (Å²) < 4.78 is 35.1. The third-order valence-corrected chi connectivity index (χ3v) is 5.24. The second-order valence-corrected chi connectivity index (χ2v) is 7.60. The molecule has 152 valence electrons. The minimum atomic E-state index is -0.599. The van der Waals surface area contributed by atoms with E-state index in [1.165, 1.54) is 46.7 Å². The Labute approximate surface area is 175 Å². The highest BCUT2D eigenvalue weighted by Crippen LogP contribution is 2.30. The molecule has 0 saturated heterocycles. The van der Waals surface area contributed by atoms with E-state index in [1.54, 1.807) is 24.4 Å². The predicted molar refractivity (Wildman–Crippen MR) is 112 cm³/mol. The van der Waals surface area contributed by atoms with E-state index in [0.29, 0.717) is 27.4 Å². The number of hydrogen-bond acceptors (Lipinski definition) is 5. The Balaban J connectivity index is 1.88. The van der Waals surface area contributed by atoms with Crippen LogP contribution in [0.25, 0.3) is 16.6 Å². The molecule has 0 fully saturated rings. The second kappa shape index (κ2) is 8.62. The first-order chi connectivity index (χ1) is 14.6. The maximum absolute atomic E-state index is 14.1. The number of aromatic nitrogens is 3. The third kappa shape index (κ3) is 4.04. The quantitative estimate of drug-likeness (QED) is 0.330. The van der Waals surface area contributed by atoms with Crippen LogP contribution in [-0.2, 0) is 6.61 Å². The van der Waals surface area contributed by atoms with Crippen LogP contribution in [0.1, 0.15) is 12.6 Å². The molecule has 0 spiro atoms. The lowest BCUT2D eigenvalue weighted by molar-refractivity contribution is 0.299. The smallest absolute Gasteiger partial charge is 0.353 e. The van der Waals surface area contributed by atoms with Gasteiger partial charge < -0.3 is 4.74 Å². The fraction of sp³-hybridized carbons (Fsp3) is 0.136. The van der Waals surface area contributed by atoms with Crippen LogP contribution in [0.4, 0.5) is 8.78 Å². The maximum Gasteiger partial charge on any atom is 0.353 e. The first-order valence-corrected chi connectivity index (χ1v) is 10.2. The molecule has 0 saturated carbocycles. The molecule has 0 aliphatic heterocycles. The van der Waals surface area contributed by atoms with E-state index >= 15 is 0 Å². The zero-order valence-corrected chi connectivity index (χ0v) is 16.8. The van der Waals surface area contributed by atoms with Gasteiger partial charge in [0, 0.05) is 17.6 Å². The van der Waals surface area contributed by atoms with E-state index in [9.17, 15) is 13.6 Å². The van der Waals surface area contributed by atoms with Crippen molar-refractivity contribution in [2.24, 2.45) is 0 Å². The molecule has 0 atom stereocenters. The molecule has 4 aromatic rings. The fourth-order valence-corrected chi connectivity index (χ4v) is 3.82. The number of pyridine rings is 1. The summed E-state index contributed by atoms with van der Waals surface area (Å²) in [5.74, 6) is -0.180. The van der Waals surface area contributed by atoms with Gasteiger partial charge in [0.1, 0.15) is 29.0 Å². The minimum absolute atomic E-state index is 0.0789. The van der Waals surface area contributed by atoms with Crippen LogP contribution in [0.2, 0.25) is 0 Å². The van der Waals surface area contributed by atoms with Crippen molar-refractivity contribution in [3.8, 4) is 11.4 Å². The van der Waals surface area contributed by atoms with Gasteiger partial charge in [0.05, 0.1) is 16.9 Å². The van der Waals surface area contributed by atoms with Crippen LogP contribution in [0.5, 0.6) is 5.75 Å². The molecule has 2 aromatic heterocycles. The molecular formula is C22H17F2N3O2S. The van der Waals surface area contributed by atoms with Gasteiger partial charge in [0.15, 0.2) is 0 Å². The van der Waals surface area contributed by atoms with Gasteiger partial charge in [-0.1, -0.05) is 13.0 Å². The van der Waals surface area contributed by atoms with Gasteiger partial charge >= 0.3 is 5.69 Å². The van der Waals surface area contributed by atoms with Crippen LogP contribution in [0.15, 0.2) is 70.6 Å². The van der Waals surface area contributed by atoms with Crippen LogP contribution in [0.3, 0.4) is 0 Å². The van der Waals surface area contributed by atoms with Gasteiger partial charge in [-0.15, -0.1) is 11.8 Å². The molecule has 4 rings (SSSR count). The Morgan fingerprint density at radius 3 is 2.63 bits per heavy atom. The van der Waals surface area contributed by atoms with Crippen molar-refractivity contribution in [3.05, 3.63) is 88.6 Å². The van der Waals surface area contributed by atoms with Gasteiger partial charge in [-0.25, -0.2) is 13.6 Å². The fourth-order valence-electron chi connectivity index (χ4n) is 3.07. The largest absolute Gasteiger partial charge is 0.485 e. The average molecular weight is 425 g/mol. The average Bonchev–Trinajstić information content (AvgIpc) is 2.74. The predicted octanol–water partition coefficient (Wildman–Crippen LogP) is 4.75. The SMILES string of the molecule is CCSc1nc(=O)n(-c2ccc(F)cc2OCc2ccccn2)c2cc(F)ccc12. The van der Waals surface area contributed by atoms with E-state index in [1.807, 2.05) is 13.0 Å². The van der Waals surface area contributed by atoms with Crippen molar-refractivity contribution >= 4 is 22.7 Å². The molecular weight excluding hydrogens is 408 g/mol. The molecule has 2 heterocycles. The molecule has 0 amide bonds. The molecule has 0 aliphatic carbocycles. The summed E-state index contributed by atoms with van der Waals surface area (Å²) in [6, 6.07) is 13.4. The Bertz CT molecular complexity index is 1260. The maximum atomic E-state index is 14.1. The van der Waals surface area contributed by atoms with Crippen molar-refractivity contribution in [2.45, 2.75) is 18.6 Å². The van der Waals surface area contributed by atoms with E-state index < -0.39 is 17.3 Å². The van der Waals surface area contributed by atoms with Crippen LogP contribution < -0.4 is 10.4 Å². The number of benzene rings is 2. The molecule has 0 N–H and O–H groups in total. The van der Waals surface area contributed by atoms with Crippen molar-refractivity contribution in [1.82, 2.24) is 14.5 Å². The number of ether oxygens (including phenoxy) is 1. The van der Waals surface area contributed by atoms with Gasteiger partial charge in [0.2, 0.25) is 0 Å². The summed E-state index contributed by atoms with van der Waals surface area (Å²) in [5.41, 5.74) is 0.649. The summed E-state index contributed by atoms with van der Waals surface area (Å²) in [5, 5.41) is 1.15. The highest BCUT2D eigenvalue weighted by atomic mass is 32.2. The van der Waals surface area contributed by atoms with Gasteiger partial charge in [-0.05, 0) is 48.2 Å². The lowest BCUT2D eigenvalue weighted by Gasteiger charge is -2.16. The van der Waals surface area contributed by atoms with E-state index in [0.717, 1.165) is 0 Å². The van der Waals surface area contributed by atoms with E-state index in [-0.39, 0.29) is 18.0 Å². The van der Waals surface area contributed by atoms with Crippen molar-refractivity contribution in [2.75, 3.05) is 5.75 Å². The minimum Gasteiger partial charge on any atom is -0.485 e. The Hall–Kier alpha value is -3.26. The first kappa shape index (κ1) is 20.0. The summed E-state index contributed by atoms with van der Waals surface area (Å²) in [7, 11) is 0. The topological polar surface area (TPSA) is 57.0 Å². The summed E-state index contributed by atoms with van der Waals surface area (Å²) in [4.78, 5) is 21.2. The normalized spacial score (nSPS) is 11.0. The summed E-state index contributed by atoms with van der Waals surface area (Å²) in [6.45, 7) is 2.02. The number of halogens is 2. The van der Waals surface area contributed by atoms with Gasteiger partial charge in [-0.3, -0.25) is 9.55 Å². The number of nitrogens with zero attached hydrogens (tertiary/aromatic N) is 3. The molecule has 0 bridgehead atoms. The molecule has 5 nitrogen and oxygen atoms in total. The lowest BCUT2D eigenvalue weighted by Crippen LogP contribution is -2.23. The highest BCUT2D eigenvalue weighted by molar-refractivity contribution is 7.99. The highest BCUT2D eigenvalue weighted by Gasteiger charge is 2.17. The Morgan fingerprint density at radius 2 is 1.87 bits per heavy atom. The summed E-state index contributed by atoms with van der Waals surface area (Å²) >= 11 is 1.40. The number of thioether (sulfide) groups is 1. The number of fused-ring (bicyclic) bond motifs is 1. The first-order valence-electron chi connectivity index (χ1n) is 9.24. The molecule has 0 aliphatic rings. The van der Waals surface area contributed by atoms with Gasteiger partial charge in [0.25, 0.3) is 0 Å². The monoisotopic (exact) mass is 425 g/mol. The zero-order chi connectivity index (χ0) is 21.1. The Morgan fingerprint density at radius 1 is 1.07 bits per heavy atom. The van der Waals surface area contributed by atoms with Crippen LogP contribution in [-0.4, -0.2) is 20.3 Å². The van der Waals surface area contributed by atoms with Crippen LogP contribution in [0, 0.1) is 11.6 Å². The van der Waals surface area contributed by atoms with E-state index in [2.05, 4.69) is 9.97 Å². The molecule has 0 unspecified atom stereocenters. The van der Waals surface area contributed by atoms with Crippen molar-refractivity contribution in [3.63, 3.8) is 0 Å². The van der Waals surface area contributed by atoms with Crippen molar-refractivity contribution in [1.29, 1.82) is 0 Å². The standard InChI is InChI=1S/C22H17F2N3O2S/c1-2-30-21-17-8-6-14(23)11-19(17)27(22(28)26-21)18-9-7-15(24)12-20(18)29-13-16-5-3-4-10-25-16/h3-12H,2,13H2,1H3. The lowest BCUT2D eigenvalue weighted by atomic mass is 10.2. The van der Waals surface area contributed by atoms with Crippen molar-refractivity contribution < 1.29 is 13.5 Å². The Kier molecular flexibility index (Phi) is 5.76.